The third kappa shape index (κ3) is 2.95. The van der Waals surface area contributed by atoms with Crippen LogP contribution in [0.5, 0.6) is 17.2 Å². The average Bonchev–Trinajstić information content (AvgIpc) is 3.24. The fourth-order valence-corrected chi connectivity index (χ4v) is 4.28. The predicted octanol–water partition coefficient (Wildman–Crippen LogP) is 4.78. The molecule has 5 nitrogen and oxygen atoms in total. The van der Waals surface area contributed by atoms with E-state index in [-0.39, 0.29) is 18.7 Å². The summed E-state index contributed by atoms with van der Waals surface area (Å²) < 4.78 is 16.9. The zero-order chi connectivity index (χ0) is 18.3. The number of ether oxygens (including phenoxy) is 3. The maximum Gasteiger partial charge on any atom is 0.263 e. The Morgan fingerprint density at radius 1 is 1.27 bits per heavy atom. The number of amides is 1. The normalized spacial score (nSPS) is 13.7. The molecule has 0 saturated heterocycles. The van der Waals surface area contributed by atoms with Gasteiger partial charge < -0.3 is 19.5 Å². The Bertz CT molecular complexity index is 1000. The van der Waals surface area contributed by atoms with E-state index in [4.69, 9.17) is 25.8 Å². The van der Waals surface area contributed by atoms with Gasteiger partial charge >= 0.3 is 0 Å². The van der Waals surface area contributed by atoms with Crippen LogP contribution in [0.25, 0.3) is 10.1 Å². The predicted molar refractivity (Wildman–Crippen MR) is 102 cm³/mol. The standard InChI is InChI=1S/C19H16ClNO4S/c1-10(11-4-3-5-12(6-11)23-2)21-19(22)18-17(20)13-7-14-15(25-9-24-14)8-16(13)26-18/h3-8,10H,9H2,1-2H3,(H,21,22)/t10-/m1/s1. The van der Waals surface area contributed by atoms with E-state index in [1.165, 1.54) is 11.3 Å². The summed E-state index contributed by atoms with van der Waals surface area (Å²) in [6.07, 6.45) is 0. The number of benzene rings is 2. The van der Waals surface area contributed by atoms with Gasteiger partial charge in [-0.2, -0.15) is 0 Å². The number of carbonyl (C=O) groups excluding carboxylic acids is 1. The van der Waals surface area contributed by atoms with Crippen LogP contribution in [0.3, 0.4) is 0 Å². The lowest BCUT2D eigenvalue weighted by molar-refractivity contribution is 0.0944. The topological polar surface area (TPSA) is 56.8 Å². The van der Waals surface area contributed by atoms with Crippen LogP contribution in [0.4, 0.5) is 0 Å². The highest BCUT2D eigenvalue weighted by atomic mass is 35.5. The molecule has 1 N–H and O–H groups in total. The average molecular weight is 390 g/mol. The molecule has 2 aromatic carbocycles. The first kappa shape index (κ1) is 17.0. The van der Waals surface area contributed by atoms with Gasteiger partial charge in [0.15, 0.2) is 11.5 Å². The molecule has 0 fully saturated rings. The molecule has 7 heteroatoms. The number of methoxy groups -OCH3 is 1. The molecule has 0 bridgehead atoms. The van der Waals surface area contributed by atoms with E-state index in [9.17, 15) is 4.79 Å². The largest absolute Gasteiger partial charge is 0.497 e. The number of rotatable bonds is 4. The van der Waals surface area contributed by atoms with Gasteiger partial charge in [-0.25, -0.2) is 0 Å². The summed E-state index contributed by atoms with van der Waals surface area (Å²) in [5.41, 5.74) is 0.954. The van der Waals surface area contributed by atoms with E-state index < -0.39 is 0 Å². The number of carbonyl (C=O) groups is 1. The smallest absolute Gasteiger partial charge is 0.263 e. The van der Waals surface area contributed by atoms with Gasteiger partial charge in [0.2, 0.25) is 6.79 Å². The number of nitrogens with one attached hydrogen (secondary N) is 1. The van der Waals surface area contributed by atoms with Gasteiger partial charge in [0.05, 0.1) is 18.2 Å². The zero-order valence-corrected chi connectivity index (χ0v) is 15.7. The summed E-state index contributed by atoms with van der Waals surface area (Å²) in [6.45, 7) is 2.12. The lowest BCUT2D eigenvalue weighted by atomic mass is 10.1. The Labute approximate surface area is 159 Å². The summed E-state index contributed by atoms with van der Waals surface area (Å²) in [5, 5.41) is 4.21. The van der Waals surface area contributed by atoms with E-state index in [0.717, 1.165) is 21.4 Å². The number of halogens is 1. The minimum absolute atomic E-state index is 0.185. The first-order valence-corrected chi connectivity index (χ1v) is 9.22. The van der Waals surface area contributed by atoms with Gasteiger partial charge in [-0.15, -0.1) is 11.3 Å². The first-order chi connectivity index (χ1) is 12.6. The van der Waals surface area contributed by atoms with Gasteiger partial charge in [0, 0.05) is 16.2 Å². The van der Waals surface area contributed by atoms with E-state index in [1.54, 1.807) is 7.11 Å². The molecule has 2 heterocycles. The van der Waals surface area contributed by atoms with Crippen molar-refractivity contribution in [2.24, 2.45) is 0 Å². The summed E-state index contributed by atoms with van der Waals surface area (Å²) in [6, 6.07) is 11.1. The van der Waals surface area contributed by atoms with E-state index in [0.29, 0.717) is 21.4 Å². The molecule has 0 spiro atoms. The van der Waals surface area contributed by atoms with Crippen LogP contribution < -0.4 is 19.5 Å². The Kier molecular flexibility index (Phi) is 4.38. The van der Waals surface area contributed by atoms with E-state index >= 15 is 0 Å². The second-order valence-corrected chi connectivity index (χ2v) is 7.35. The molecule has 26 heavy (non-hydrogen) atoms. The van der Waals surface area contributed by atoms with Crippen LogP contribution in [0.15, 0.2) is 36.4 Å². The second kappa shape index (κ2) is 6.70. The van der Waals surface area contributed by atoms with Gasteiger partial charge in [0.25, 0.3) is 5.91 Å². The highest BCUT2D eigenvalue weighted by Crippen LogP contribution is 2.43. The maximum atomic E-state index is 12.7. The van der Waals surface area contributed by atoms with Crippen molar-refractivity contribution in [2.75, 3.05) is 13.9 Å². The summed E-state index contributed by atoms with van der Waals surface area (Å²) in [7, 11) is 1.62. The van der Waals surface area contributed by atoms with Crippen molar-refractivity contribution in [3.8, 4) is 17.2 Å². The van der Waals surface area contributed by atoms with Gasteiger partial charge in [-0.1, -0.05) is 23.7 Å². The summed E-state index contributed by atoms with van der Waals surface area (Å²) in [5.74, 6) is 1.85. The highest BCUT2D eigenvalue weighted by Gasteiger charge is 2.23. The number of hydrogen-bond acceptors (Lipinski definition) is 5. The molecule has 134 valence electrons. The summed E-state index contributed by atoms with van der Waals surface area (Å²) in [4.78, 5) is 13.2. The molecule has 1 aromatic heterocycles. The van der Waals surface area contributed by atoms with Crippen LogP contribution in [0, 0.1) is 0 Å². The molecule has 4 rings (SSSR count). The lowest BCUT2D eigenvalue weighted by Crippen LogP contribution is -2.26. The number of hydrogen-bond donors (Lipinski definition) is 1. The molecule has 1 amide bonds. The minimum atomic E-state index is -0.214. The Balaban J connectivity index is 1.60. The third-order valence-electron chi connectivity index (χ3n) is 4.27. The maximum absolute atomic E-state index is 12.7. The SMILES string of the molecule is COc1cccc([C@@H](C)NC(=O)c2sc3cc4c(cc3c2Cl)OCO4)c1. The van der Waals surface area contributed by atoms with Crippen LogP contribution in [-0.2, 0) is 0 Å². The molecule has 1 aliphatic rings. The molecule has 0 radical (unpaired) electrons. The van der Waals surface area contributed by atoms with Crippen LogP contribution >= 0.6 is 22.9 Å². The number of fused-ring (bicyclic) bond motifs is 2. The van der Waals surface area contributed by atoms with Crippen LogP contribution in [0.1, 0.15) is 28.2 Å². The van der Waals surface area contributed by atoms with Gasteiger partial charge in [-0.3, -0.25) is 4.79 Å². The molecule has 1 aliphatic heterocycles. The quantitative estimate of drug-likeness (QED) is 0.697. The Hall–Kier alpha value is -2.44. The highest BCUT2D eigenvalue weighted by molar-refractivity contribution is 7.21. The fourth-order valence-electron chi connectivity index (χ4n) is 2.86. The molecular formula is C19H16ClNO4S. The molecule has 3 aromatic rings. The van der Waals surface area contributed by atoms with Crippen molar-refractivity contribution in [2.45, 2.75) is 13.0 Å². The molecule has 0 unspecified atom stereocenters. The van der Waals surface area contributed by atoms with E-state index in [2.05, 4.69) is 5.32 Å². The summed E-state index contributed by atoms with van der Waals surface area (Å²) >= 11 is 7.80. The van der Waals surface area contributed by atoms with Crippen molar-refractivity contribution >= 4 is 38.9 Å². The van der Waals surface area contributed by atoms with Crippen molar-refractivity contribution < 1.29 is 19.0 Å². The van der Waals surface area contributed by atoms with E-state index in [1.807, 2.05) is 43.3 Å². The third-order valence-corrected chi connectivity index (χ3v) is 5.93. The van der Waals surface area contributed by atoms with Crippen LogP contribution in [-0.4, -0.2) is 19.8 Å². The lowest BCUT2D eigenvalue weighted by Gasteiger charge is -2.14. The zero-order valence-electron chi connectivity index (χ0n) is 14.2. The number of thiophene rings is 1. The van der Waals surface area contributed by atoms with Crippen molar-refractivity contribution in [3.05, 3.63) is 51.9 Å². The van der Waals surface area contributed by atoms with Crippen molar-refractivity contribution in [3.63, 3.8) is 0 Å². The first-order valence-electron chi connectivity index (χ1n) is 8.03. The van der Waals surface area contributed by atoms with Gasteiger partial charge in [0.1, 0.15) is 10.6 Å². The fraction of sp³-hybridized carbons (Fsp3) is 0.211. The molecule has 0 aliphatic carbocycles. The Morgan fingerprint density at radius 2 is 2.04 bits per heavy atom. The molecule has 1 atom stereocenters. The monoisotopic (exact) mass is 389 g/mol. The second-order valence-electron chi connectivity index (χ2n) is 5.92. The van der Waals surface area contributed by atoms with Gasteiger partial charge in [-0.05, 0) is 30.7 Å². The minimum Gasteiger partial charge on any atom is -0.497 e. The van der Waals surface area contributed by atoms with Crippen molar-refractivity contribution in [1.29, 1.82) is 0 Å². The van der Waals surface area contributed by atoms with Crippen LogP contribution in [0.2, 0.25) is 5.02 Å². The molecular weight excluding hydrogens is 374 g/mol. The Morgan fingerprint density at radius 3 is 2.81 bits per heavy atom. The molecule has 0 saturated carbocycles. The van der Waals surface area contributed by atoms with Crippen molar-refractivity contribution in [1.82, 2.24) is 5.32 Å².